The number of rotatable bonds is 6. The van der Waals surface area contributed by atoms with Crippen LogP contribution in [-0.4, -0.2) is 4.57 Å². The molecule has 294 valence electrons. The number of fused-ring (bicyclic) bond motifs is 11. The molecule has 2 aromatic heterocycles. The molecule has 0 amide bonds. The van der Waals surface area contributed by atoms with Gasteiger partial charge in [-0.2, -0.15) is 0 Å². The fraction of sp³-hybridized carbons (Fsp3) is 0. The van der Waals surface area contributed by atoms with Crippen LogP contribution in [0.1, 0.15) is 0 Å². The van der Waals surface area contributed by atoms with Crippen molar-refractivity contribution in [3.63, 3.8) is 0 Å². The van der Waals surface area contributed by atoms with Gasteiger partial charge in [0.05, 0.1) is 22.1 Å². The first-order valence-electron chi connectivity index (χ1n) is 21.6. The molecule has 13 rings (SSSR count). The number of anilines is 3. The third-order valence-corrected chi connectivity index (χ3v) is 12.9. The van der Waals surface area contributed by atoms with Crippen LogP contribution in [0.4, 0.5) is 17.1 Å². The number of hydrogen-bond donors (Lipinski definition) is 0. The Morgan fingerprint density at radius 2 is 0.937 bits per heavy atom. The maximum Gasteiger partial charge on any atom is 0.143 e. The third kappa shape index (κ3) is 5.67. The van der Waals surface area contributed by atoms with E-state index in [2.05, 4.69) is 240 Å². The van der Waals surface area contributed by atoms with Crippen molar-refractivity contribution in [1.29, 1.82) is 0 Å². The molecule has 0 radical (unpaired) electrons. The summed E-state index contributed by atoms with van der Waals surface area (Å²) in [4.78, 5) is 2.42. The molecule has 0 aliphatic heterocycles. The Balaban J connectivity index is 1.04. The van der Waals surface area contributed by atoms with Crippen molar-refractivity contribution in [3.8, 4) is 27.9 Å². The molecule has 0 unspecified atom stereocenters. The maximum atomic E-state index is 6.78. The zero-order valence-corrected chi connectivity index (χ0v) is 34.2. The monoisotopic (exact) mass is 802 g/mol. The summed E-state index contributed by atoms with van der Waals surface area (Å²) in [5.41, 5.74) is 13.2. The van der Waals surface area contributed by atoms with E-state index in [0.717, 1.165) is 61.0 Å². The van der Waals surface area contributed by atoms with Crippen LogP contribution in [-0.2, 0) is 0 Å². The highest BCUT2D eigenvalue weighted by Gasteiger charge is 2.23. The van der Waals surface area contributed by atoms with Crippen LogP contribution in [0.5, 0.6) is 0 Å². The van der Waals surface area contributed by atoms with Gasteiger partial charge in [-0.15, -0.1) is 0 Å². The van der Waals surface area contributed by atoms with E-state index in [4.69, 9.17) is 4.42 Å². The van der Waals surface area contributed by atoms with Gasteiger partial charge in [-0.1, -0.05) is 158 Å². The van der Waals surface area contributed by atoms with Gasteiger partial charge in [0.1, 0.15) is 11.2 Å². The molecule has 0 aliphatic carbocycles. The van der Waals surface area contributed by atoms with Crippen LogP contribution in [0, 0.1) is 0 Å². The molecule has 0 aliphatic rings. The van der Waals surface area contributed by atoms with Crippen LogP contribution >= 0.6 is 0 Å². The molecule has 11 aromatic carbocycles. The first-order chi connectivity index (χ1) is 31.2. The predicted octanol–water partition coefficient (Wildman–Crippen LogP) is 16.9. The van der Waals surface area contributed by atoms with Crippen molar-refractivity contribution in [2.75, 3.05) is 4.90 Å². The predicted molar refractivity (Wildman–Crippen MR) is 266 cm³/mol. The zero-order chi connectivity index (χ0) is 41.4. The highest BCUT2D eigenvalue weighted by Crippen LogP contribution is 2.47. The molecule has 0 N–H and O–H groups in total. The third-order valence-electron chi connectivity index (χ3n) is 12.9. The van der Waals surface area contributed by atoms with E-state index in [1.165, 1.54) is 60.1 Å². The molecule has 0 spiro atoms. The molecule has 0 fully saturated rings. The van der Waals surface area contributed by atoms with Crippen molar-refractivity contribution in [3.05, 3.63) is 231 Å². The second-order valence-electron chi connectivity index (χ2n) is 16.5. The van der Waals surface area contributed by atoms with Crippen molar-refractivity contribution >= 4 is 93.1 Å². The van der Waals surface area contributed by atoms with Crippen LogP contribution in [0.25, 0.3) is 104 Å². The zero-order valence-electron chi connectivity index (χ0n) is 34.2. The lowest BCUT2D eigenvalue weighted by atomic mass is 10.00. The number of aromatic nitrogens is 1. The van der Waals surface area contributed by atoms with E-state index in [-0.39, 0.29) is 0 Å². The quantitative estimate of drug-likeness (QED) is 0.167. The first-order valence-corrected chi connectivity index (χ1v) is 21.6. The summed E-state index contributed by atoms with van der Waals surface area (Å²) in [5.74, 6) is 0. The normalized spacial score (nSPS) is 11.8. The molecular formula is C60H38N2O. The molecule has 3 nitrogen and oxygen atoms in total. The lowest BCUT2D eigenvalue weighted by molar-refractivity contribution is 0.672. The van der Waals surface area contributed by atoms with E-state index in [1.54, 1.807) is 0 Å². The molecule has 0 bridgehead atoms. The van der Waals surface area contributed by atoms with E-state index >= 15 is 0 Å². The highest BCUT2D eigenvalue weighted by molar-refractivity contribution is 6.23. The number of furan rings is 1. The lowest BCUT2D eigenvalue weighted by Gasteiger charge is -2.27. The second-order valence-corrected chi connectivity index (χ2v) is 16.5. The minimum absolute atomic E-state index is 0.860. The smallest absolute Gasteiger partial charge is 0.143 e. The number of benzene rings is 11. The molecule has 3 heteroatoms. The van der Waals surface area contributed by atoms with Crippen molar-refractivity contribution in [2.24, 2.45) is 0 Å². The Kier molecular flexibility index (Phi) is 7.91. The van der Waals surface area contributed by atoms with Gasteiger partial charge in [0, 0.05) is 38.6 Å². The summed E-state index contributed by atoms with van der Waals surface area (Å²) in [6.45, 7) is 0. The standard InChI is InChI=1S/C60H38N2O/c1-2-11-39(12-3-1)41-23-31-48(32-24-41)62-54-36-33-49(38-53(54)58-50-17-8-6-14-43(50)28-35-56(58)62)61(47-29-25-42(26-30-47)46-22-21-40-13-4-5-16-45(40)37-46)55-19-10-20-57-59(55)52-34-27-44-15-7-9-18-51(44)60(52)63-57/h1-38H. The van der Waals surface area contributed by atoms with Crippen molar-refractivity contribution in [2.45, 2.75) is 0 Å². The van der Waals surface area contributed by atoms with E-state index in [1.807, 2.05) is 0 Å². The van der Waals surface area contributed by atoms with E-state index < -0.39 is 0 Å². The molecule has 63 heavy (non-hydrogen) atoms. The van der Waals surface area contributed by atoms with Gasteiger partial charge in [-0.05, 0) is 122 Å². The Morgan fingerprint density at radius 1 is 0.333 bits per heavy atom. The minimum Gasteiger partial charge on any atom is -0.455 e. The second kappa shape index (κ2) is 14.1. The summed E-state index contributed by atoms with van der Waals surface area (Å²) in [6, 6.07) is 83.5. The fourth-order valence-electron chi connectivity index (χ4n) is 9.95. The van der Waals surface area contributed by atoms with Gasteiger partial charge in [-0.3, -0.25) is 0 Å². The molecular weight excluding hydrogens is 765 g/mol. The van der Waals surface area contributed by atoms with Gasteiger partial charge < -0.3 is 13.9 Å². The van der Waals surface area contributed by atoms with Crippen LogP contribution < -0.4 is 4.90 Å². The van der Waals surface area contributed by atoms with Crippen molar-refractivity contribution in [1.82, 2.24) is 4.57 Å². The molecule has 13 aromatic rings. The highest BCUT2D eigenvalue weighted by atomic mass is 16.3. The summed E-state index contributed by atoms with van der Waals surface area (Å²) in [7, 11) is 0. The SMILES string of the molecule is c1ccc(-c2ccc(-n3c4ccc(N(c5ccc(-c6ccc7ccccc7c6)cc5)c5cccc6oc7c8ccccc8ccc7c56)cc4c4c5ccccc5ccc43)cc2)cc1. The van der Waals surface area contributed by atoms with Gasteiger partial charge in [-0.25, -0.2) is 0 Å². The van der Waals surface area contributed by atoms with Gasteiger partial charge >= 0.3 is 0 Å². The summed E-state index contributed by atoms with van der Waals surface area (Å²) < 4.78 is 9.20. The Morgan fingerprint density at radius 3 is 1.76 bits per heavy atom. The van der Waals surface area contributed by atoms with Gasteiger partial charge in [0.2, 0.25) is 0 Å². The van der Waals surface area contributed by atoms with E-state index in [9.17, 15) is 0 Å². The molecule has 0 atom stereocenters. The number of nitrogens with zero attached hydrogens (tertiary/aromatic N) is 2. The Bertz CT molecular complexity index is 3900. The Labute approximate surface area is 363 Å². The minimum atomic E-state index is 0.860. The molecule has 2 heterocycles. The first kappa shape index (κ1) is 35.4. The topological polar surface area (TPSA) is 21.3 Å². The largest absolute Gasteiger partial charge is 0.455 e. The fourth-order valence-corrected chi connectivity index (χ4v) is 9.95. The van der Waals surface area contributed by atoms with Crippen LogP contribution in [0.3, 0.4) is 0 Å². The van der Waals surface area contributed by atoms with Crippen molar-refractivity contribution < 1.29 is 4.42 Å². The summed E-state index contributed by atoms with van der Waals surface area (Å²) in [5, 5.41) is 11.8. The summed E-state index contributed by atoms with van der Waals surface area (Å²) >= 11 is 0. The lowest BCUT2D eigenvalue weighted by Crippen LogP contribution is -2.10. The van der Waals surface area contributed by atoms with Crippen LogP contribution in [0.15, 0.2) is 235 Å². The average molecular weight is 803 g/mol. The summed E-state index contributed by atoms with van der Waals surface area (Å²) in [6.07, 6.45) is 0. The van der Waals surface area contributed by atoms with Gasteiger partial charge in [0.15, 0.2) is 0 Å². The molecule has 0 saturated carbocycles. The number of hydrogen-bond acceptors (Lipinski definition) is 2. The van der Waals surface area contributed by atoms with Gasteiger partial charge in [0.25, 0.3) is 0 Å². The molecule has 0 saturated heterocycles. The van der Waals surface area contributed by atoms with Crippen LogP contribution in [0.2, 0.25) is 0 Å². The average Bonchev–Trinajstić information content (AvgIpc) is 3.91. The maximum absolute atomic E-state index is 6.78. The van der Waals surface area contributed by atoms with E-state index in [0.29, 0.717) is 0 Å². The Hall–Kier alpha value is -8.40.